The van der Waals surface area contributed by atoms with E-state index in [4.69, 9.17) is 9.84 Å². The van der Waals surface area contributed by atoms with Crippen LogP contribution in [0.25, 0.3) is 10.8 Å². The summed E-state index contributed by atoms with van der Waals surface area (Å²) in [5, 5.41) is 11.2. The largest absolute Gasteiger partial charge is 0.497 e. The summed E-state index contributed by atoms with van der Waals surface area (Å²) in [4.78, 5) is 27.2. The number of likely N-dealkylation sites (N-methyl/N-ethyl adjacent to an activating group) is 2. The highest BCUT2D eigenvalue weighted by Crippen LogP contribution is 2.22. The molecule has 2 unspecified atom stereocenters. The molecule has 6 heteroatoms. The number of hydrogen-bond acceptors (Lipinski definition) is 4. The maximum absolute atomic E-state index is 12.7. The average Bonchev–Trinajstić information content (AvgIpc) is 2.65. The molecule has 1 amide bonds. The van der Waals surface area contributed by atoms with Crippen molar-refractivity contribution >= 4 is 22.6 Å². The van der Waals surface area contributed by atoms with E-state index in [1.807, 2.05) is 30.3 Å². The molecule has 2 rings (SSSR count). The van der Waals surface area contributed by atoms with Crippen LogP contribution in [0.5, 0.6) is 5.75 Å². The number of nitrogens with zero attached hydrogens (tertiary/aromatic N) is 2. The van der Waals surface area contributed by atoms with Gasteiger partial charge >= 0.3 is 5.97 Å². The van der Waals surface area contributed by atoms with Crippen LogP contribution in [0.2, 0.25) is 0 Å². The van der Waals surface area contributed by atoms with Gasteiger partial charge in [0, 0.05) is 20.1 Å². The normalized spacial score (nSPS) is 13.4. The Morgan fingerprint density at radius 1 is 1.07 bits per heavy atom. The van der Waals surface area contributed by atoms with Gasteiger partial charge in [-0.05, 0) is 48.5 Å². The predicted molar refractivity (Wildman–Crippen MR) is 106 cm³/mol. The van der Waals surface area contributed by atoms with Crippen molar-refractivity contribution in [2.45, 2.75) is 26.4 Å². The first-order chi connectivity index (χ1) is 12.7. The van der Waals surface area contributed by atoms with Crippen LogP contribution in [0.3, 0.4) is 0 Å². The van der Waals surface area contributed by atoms with E-state index in [1.165, 1.54) is 0 Å². The molecule has 6 nitrogen and oxygen atoms in total. The Bertz CT molecular complexity index is 821. The number of carboxylic acids is 1. The minimum Gasteiger partial charge on any atom is -0.497 e. The quantitative estimate of drug-likeness (QED) is 0.772. The topological polar surface area (TPSA) is 70.1 Å². The molecule has 0 aromatic heterocycles. The minimum absolute atomic E-state index is 0.0371. The number of rotatable bonds is 8. The second-order valence-electron chi connectivity index (χ2n) is 7.10. The second kappa shape index (κ2) is 8.86. The molecule has 2 atom stereocenters. The summed E-state index contributed by atoms with van der Waals surface area (Å²) in [5.41, 5.74) is 1.04. The van der Waals surface area contributed by atoms with Gasteiger partial charge in [0.1, 0.15) is 5.75 Å². The SMILES string of the molecule is COc1ccc2cc(CN(C)C(=O)C(C)N(C)CC(C)C(=O)O)ccc2c1. The van der Waals surface area contributed by atoms with E-state index in [-0.39, 0.29) is 11.9 Å². The minimum atomic E-state index is -0.859. The standard InChI is InChI=1S/C21H28N2O4/c1-14(21(25)26)12-22(3)15(2)20(24)23(4)13-16-6-7-18-11-19(27-5)9-8-17(18)10-16/h6-11,14-15H,12-13H2,1-5H3,(H,25,26). The molecule has 0 aliphatic rings. The summed E-state index contributed by atoms with van der Waals surface area (Å²) in [6.07, 6.45) is 0. The first-order valence-electron chi connectivity index (χ1n) is 8.97. The van der Waals surface area contributed by atoms with Crippen molar-refractivity contribution < 1.29 is 19.4 Å². The molecule has 0 saturated carbocycles. The number of amides is 1. The Morgan fingerprint density at radius 2 is 1.70 bits per heavy atom. The lowest BCUT2D eigenvalue weighted by atomic mass is 10.1. The highest BCUT2D eigenvalue weighted by Gasteiger charge is 2.24. The molecule has 1 N–H and O–H groups in total. The van der Waals surface area contributed by atoms with Gasteiger partial charge in [-0.1, -0.05) is 25.1 Å². The van der Waals surface area contributed by atoms with Crippen molar-refractivity contribution in [1.29, 1.82) is 0 Å². The van der Waals surface area contributed by atoms with Gasteiger partial charge in [0.05, 0.1) is 19.1 Å². The Morgan fingerprint density at radius 3 is 2.33 bits per heavy atom. The Balaban J connectivity index is 2.04. The molecular formula is C21H28N2O4. The molecule has 0 spiro atoms. The monoisotopic (exact) mass is 372 g/mol. The molecule has 2 aromatic carbocycles. The molecular weight excluding hydrogens is 344 g/mol. The average molecular weight is 372 g/mol. The summed E-state index contributed by atoms with van der Waals surface area (Å²) < 4.78 is 5.25. The van der Waals surface area contributed by atoms with Gasteiger partial charge in [-0.25, -0.2) is 0 Å². The number of methoxy groups -OCH3 is 1. The zero-order valence-corrected chi connectivity index (χ0v) is 16.6. The Hall–Kier alpha value is -2.60. The van der Waals surface area contributed by atoms with Crippen LogP contribution in [-0.4, -0.2) is 60.6 Å². The molecule has 0 saturated heterocycles. The van der Waals surface area contributed by atoms with Crippen LogP contribution in [0.1, 0.15) is 19.4 Å². The van der Waals surface area contributed by atoms with E-state index in [1.54, 1.807) is 44.9 Å². The number of carboxylic acid groups (broad SMARTS) is 1. The van der Waals surface area contributed by atoms with Crippen LogP contribution >= 0.6 is 0 Å². The molecule has 0 heterocycles. The van der Waals surface area contributed by atoms with Crippen molar-refractivity contribution in [3.05, 3.63) is 42.0 Å². The van der Waals surface area contributed by atoms with E-state index >= 15 is 0 Å². The molecule has 0 radical (unpaired) electrons. The maximum atomic E-state index is 12.7. The third kappa shape index (κ3) is 5.20. The van der Waals surface area contributed by atoms with Crippen molar-refractivity contribution in [3.63, 3.8) is 0 Å². The fraction of sp³-hybridized carbons (Fsp3) is 0.429. The summed E-state index contributed by atoms with van der Waals surface area (Å²) in [6, 6.07) is 11.6. The summed E-state index contributed by atoms with van der Waals surface area (Å²) in [7, 11) is 5.19. The van der Waals surface area contributed by atoms with E-state index < -0.39 is 11.9 Å². The van der Waals surface area contributed by atoms with Crippen molar-refractivity contribution in [2.75, 3.05) is 27.7 Å². The van der Waals surface area contributed by atoms with Crippen LogP contribution in [0, 0.1) is 5.92 Å². The van der Waals surface area contributed by atoms with Gasteiger partial charge in [-0.15, -0.1) is 0 Å². The van der Waals surface area contributed by atoms with Gasteiger partial charge < -0.3 is 14.7 Å². The number of aliphatic carboxylic acids is 1. The van der Waals surface area contributed by atoms with Gasteiger partial charge in [-0.2, -0.15) is 0 Å². The number of benzene rings is 2. The smallest absolute Gasteiger partial charge is 0.307 e. The molecule has 146 valence electrons. The second-order valence-corrected chi connectivity index (χ2v) is 7.10. The van der Waals surface area contributed by atoms with Gasteiger partial charge in [-0.3, -0.25) is 14.5 Å². The first-order valence-corrected chi connectivity index (χ1v) is 8.97. The van der Waals surface area contributed by atoms with Gasteiger partial charge in [0.25, 0.3) is 0 Å². The summed E-state index contributed by atoms with van der Waals surface area (Å²) in [6.45, 7) is 4.27. The van der Waals surface area contributed by atoms with E-state index in [9.17, 15) is 9.59 Å². The molecule has 27 heavy (non-hydrogen) atoms. The van der Waals surface area contributed by atoms with E-state index in [0.717, 1.165) is 22.1 Å². The van der Waals surface area contributed by atoms with Gasteiger partial charge in [0.2, 0.25) is 5.91 Å². The lowest BCUT2D eigenvalue weighted by molar-refractivity contribution is -0.143. The number of fused-ring (bicyclic) bond motifs is 1. The molecule has 0 bridgehead atoms. The highest BCUT2D eigenvalue weighted by atomic mass is 16.5. The van der Waals surface area contributed by atoms with Crippen molar-refractivity contribution in [3.8, 4) is 5.75 Å². The van der Waals surface area contributed by atoms with Crippen molar-refractivity contribution in [1.82, 2.24) is 9.80 Å². The number of hydrogen-bond donors (Lipinski definition) is 1. The van der Waals surface area contributed by atoms with E-state index in [0.29, 0.717) is 13.1 Å². The Labute approximate surface area is 160 Å². The lowest BCUT2D eigenvalue weighted by Crippen LogP contribution is -2.45. The number of ether oxygens (including phenoxy) is 1. The number of carbonyl (C=O) groups excluding carboxylic acids is 1. The van der Waals surface area contributed by atoms with Gasteiger partial charge in [0.15, 0.2) is 0 Å². The fourth-order valence-electron chi connectivity index (χ4n) is 3.03. The third-order valence-electron chi connectivity index (χ3n) is 4.91. The highest BCUT2D eigenvalue weighted by molar-refractivity contribution is 5.85. The summed E-state index contributed by atoms with van der Waals surface area (Å²) in [5.74, 6) is -0.601. The predicted octanol–water partition coefficient (Wildman–Crippen LogP) is 2.85. The van der Waals surface area contributed by atoms with Crippen LogP contribution in [-0.2, 0) is 16.1 Å². The number of carbonyl (C=O) groups is 2. The first kappa shape index (κ1) is 20.7. The lowest BCUT2D eigenvalue weighted by Gasteiger charge is -2.29. The maximum Gasteiger partial charge on any atom is 0.307 e. The molecule has 0 aliphatic heterocycles. The summed E-state index contributed by atoms with van der Waals surface area (Å²) >= 11 is 0. The van der Waals surface area contributed by atoms with Crippen LogP contribution < -0.4 is 4.74 Å². The Kier molecular flexibility index (Phi) is 6.80. The van der Waals surface area contributed by atoms with Crippen molar-refractivity contribution in [2.24, 2.45) is 5.92 Å². The third-order valence-corrected chi connectivity index (χ3v) is 4.91. The fourth-order valence-corrected chi connectivity index (χ4v) is 3.03. The van der Waals surface area contributed by atoms with E-state index in [2.05, 4.69) is 6.07 Å². The molecule has 2 aromatic rings. The molecule has 0 fully saturated rings. The van der Waals surface area contributed by atoms with Crippen LogP contribution in [0.15, 0.2) is 36.4 Å². The zero-order chi connectivity index (χ0) is 20.1. The molecule has 0 aliphatic carbocycles. The van der Waals surface area contributed by atoms with Crippen LogP contribution in [0.4, 0.5) is 0 Å². The zero-order valence-electron chi connectivity index (χ0n) is 16.6.